The van der Waals surface area contributed by atoms with Crippen molar-refractivity contribution >= 4 is 0 Å². The number of benzene rings is 1. The van der Waals surface area contributed by atoms with E-state index in [9.17, 15) is 0 Å². The molecule has 3 heteroatoms. The Labute approximate surface area is 104 Å². The Bertz CT molecular complexity index is 354. The topological polar surface area (TPSA) is 18.1 Å². The first-order chi connectivity index (χ1) is 8.28. The number of ether oxygens (including phenoxy) is 1. The summed E-state index contributed by atoms with van der Waals surface area (Å²) in [7, 11) is 4.03. The number of hydrogen-bond donors (Lipinski definition) is 2. The van der Waals surface area contributed by atoms with Gasteiger partial charge in [-0.3, -0.25) is 0 Å². The lowest BCUT2D eigenvalue weighted by Gasteiger charge is -2.16. The predicted octanol–water partition coefficient (Wildman–Crippen LogP) is -1.00. The highest BCUT2D eigenvalue weighted by molar-refractivity contribution is 5.27. The van der Waals surface area contributed by atoms with E-state index in [0.717, 1.165) is 12.3 Å². The normalized spacial score (nSPS) is 25.3. The van der Waals surface area contributed by atoms with E-state index in [-0.39, 0.29) is 0 Å². The zero-order valence-electron chi connectivity index (χ0n) is 11.0. The highest BCUT2D eigenvalue weighted by Crippen LogP contribution is 2.11. The van der Waals surface area contributed by atoms with Crippen molar-refractivity contribution in [2.75, 3.05) is 40.3 Å². The summed E-state index contributed by atoms with van der Waals surface area (Å²) in [6.45, 7) is 6.32. The molecule has 1 aromatic rings. The molecule has 1 heterocycles. The first kappa shape index (κ1) is 12.4. The summed E-state index contributed by atoms with van der Waals surface area (Å²) >= 11 is 0. The van der Waals surface area contributed by atoms with E-state index in [4.69, 9.17) is 4.74 Å². The molecule has 0 radical (unpaired) electrons. The highest BCUT2D eigenvalue weighted by atomic mass is 16.5. The summed E-state index contributed by atoms with van der Waals surface area (Å²) < 4.78 is 5.27. The molecule has 1 aliphatic rings. The van der Waals surface area contributed by atoms with Gasteiger partial charge in [-0.2, -0.15) is 0 Å². The van der Waals surface area contributed by atoms with E-state index < -0.39 is 0 Å². The molecule has 3 nitrogen and oxygen atoms in total. The summed E-state index contributed by atoms with van der Waals surface area (Å²) in [5, 5.41) is 0. The third-order valence-electron chi connectivity index (χ3n) is 3.63. The second-order valence-electron chi connectivity index (χ2n) is 5.09. The molecule has 0 amide bonds. The maximum absolute atomic E-state index is 5.27. The molecule has 1 fully saturated rings. The van der Waals surface area contributed by atoms with Gasteiger partial charge in [0.2, 0.25) is 0 Å². The molecule has 1 saturated heterocycles. The van der Waals surface area contributed by atoms with Crippen molar-refractivity contribution in [1.82, 2.24) is 0 Å². The third-order valence-corrected chi connectivity index (χ3v) is 3.63. The second-order valence-corrected chi connectivity index (χ2v) is 5.09. The zero-order valence-corrected chi connectivity index (χ0v) is 11.0. The average molecular weight is 236 g/mol. The Balaban J connectivity index is 1.94. The van der Waals surface area contributed by atoms with Gasteiger partial charge in [0, 0.05) is 12.0 Å². The van der Waals surface area contributed by atoms with Crippen LogP contribution in [0.5, 0.6) is 5.75 Å². The number of methoxy groups -OCH3 is 1. The van der Waals surface area contributed by atoms with E-state index in [1.807, 2.05) is 6.07 Å². The van der Waals surface area contributed by atoms with Gasteiger partial charge in [-0.25, -0.2) is 0 Å². The quantitative estimate of drug-likeness (QED) is 0.689. The minimum Gasteiger partial charge on any atom is -0.497 e. The van der Waals surface area contributed by atoms with E-state index in [1.54, 1.807) is 16.9 Å². The number of rotatable bonds is 3. The molecule has 1 aliphatic heterocycles. The van der Waals surface area contributed by atoms with Crippen LogP contribution in [0.3, 0.4) is 0 Å². The summed E-state index contributed by atoms with van der Waals surface area (Å²) in [4.78, 5) is 3.38. The number of hydrogen-bond acceptors (Lipinski definition) is 1. The summed E-state index contributed by atoms with van der Waals surface area (Å²) in [5.41, 5.74) is 1.39. The van der Waals surface area contributed by atoms with Crippen LogP contribution >= 0.6 is 0 Å². The maximum Gasteiger partial charge on any atom is 0.127 e. The minimum absolute atomic E-state index is 0.972. The molecule has 17 heavy (non-hydrogen) atoms. The molecule has 0 bridgehead atoms. The van der Waals surface area contributed by atoms with Gasteiger partial charge < -0.3 is 14.5 Å². The molecule has 2 atom stereocenters. The van der Waals surface area contributed by atoms with Crippen molar-refractivity contribution in [3.8, 4) is 5.75 Å². The van der Waals surface area contributed by atoms with E-state index >= 15 is 0 Å². The van der Waals surface area contributed by atoms with Gasteiger partial charge >= 0.3 is 0 Å². The second kappa shape index (κ2) is 6.03. The van der Waals surface area contributed by atoms with Crippen molar-refractivity contribution in [3.63, 3.8) is 0 Å². The van der Waals surface area contributed by atoms with Crippen LogP contribution in [0.2, 0.25) is 0 Å². The van der Waals surface area contributed by atoms with Gasteiger partial charge in [-0.1, -0.05) is 12.1 Å². The SMILES string of the molecule is COc1cccc(C[NH+]2CCC[NH+](C)CC2)c1. The van der Waals surface area contributed by atoms with Crippen LogP contribution in [0.15, 0.2) is 24.3 Å². The number of likely N-dealkylation sites (N-methyl/N-ethyl adjacent to an activating group) is 1. The molecule has 0 spiro atoms. The largest absolute Gasteiger partial charge is 0.497 e. The van der Waals surface area contributed by atoms with Gasteiger partial charge in [0.15, 0.2) is 0 Å². The van der Waals surface area contributed by atoms with E-state index in [0.29, 0.717) is 0 Å². The van der Waals surface area contributed by atoms with Crippen LogP contribution in [0.1, 0.15) is 12.0 Å². The first-order valence-corrected chi connectivity index (χ1v) is 6.56. The molecule has 2 N–H and O–H groups in total. The molecule has 2 rings (SSSR count). The van der Waals surface area contributed by atoms with Crippen molar-refractivity contribution in [2.45, 2.75) is 13.0 Å². The van der Waals surface area contributed by atoms with Crippen molar-refractivity contribution in [3.05, 3.63) is 29.8 Å². The third kappa shape index (κ3) is 3.72. The molecule has 0 aliphatic carbocycles. The van der Waals surface area contributed by atoms with Gasteiger partial charge in [0.1, 0.15) is 25.4 Å². The zero-order chi connectivity index (χ0) is 12.1. The van der Waals surface area contributed by atoms with Gasteiger partial charge in [0.25, 0.3) is 0 Å². The molecule has 0 saturated carbocycles. The predicted molar refractivity (Wildman–Crippen MR) is 68.6 cm³/mol. The lowest BCUT2D eigenvalue weighted by atomic mass is 10.2. The molecule has 2 unspecified atom stereocenters. The van der Waals surface area contributed by atoms with Crippen LogP contribution < -0.4 is 14.5 Å². The molecule has 1 aromatic carbocycles. The monoisotopic (exact) mass is 236 g/mol. The highest BCUT2D eigenvalue weighted by Gasteiger charge is 2.17. The number of nitrogens with one attached hydrogen (secondary N) is 2. The van der Waals surface area contributed by atoms with Crippen LogP contribution in [-0.2, 0) is 6.54 Å². The van der Waals surface area contributed by atoms with Crippen molar-refractivity contribution < 1.29 is 14.5 Å². The van der Waals surface area contributed by atoms with Crippen LogP contribution in [0, 0.1) is 0 Å². The van der Waals surface area contributed by atoms with Crippen molar-refractivity contribution in [2.24, 2.45) is 0 Å². The standard InChI is InChI=1S/C14H22N2O/c1-15-7-4-8-16(10-9-15)12-13-5-3-6-14(11-13)17-2/h3,5-6,11H,4,7-10,12H2,1-2H3/p+2. The molecular weight excluding hydrogens is 212 g/mol. The van der Waals surface area contributed by atoms with Crippen LogP contribution in [-0.4, -0.2) is 40.3 Å². The number of quaternary nitrogens is 2. The Kier molecular flexibility index (Phi) is 4.40. The van der Waals surface area contributed by atoms with Crippen LogP contribution in [0.4, 0.5) is 0 Å². The van der Waals surface area contributed by atoms with E-state index in [2.05, 4.69) is 25.2 Å². The van der Waals surface area contributed by atoms with Gasteiger partial charge in [-0.05, 0) is 12.1 Å². The molecule has 0 aromatic heterocycles. The summed E-state index contributed by atoms with van der Waals surface area (Å²) in [5.74, 6) is 0.972. The Hall–Kier alpha value is -1.06. The average Bonchev–Trinajstić information content (AvgIpc) is 2.55. The van der Waals surface area contributed by atoms with Crippen molar-refractivity contribution in [1.29, 1.82) is 0 Å². The lowest BCUT2D eigenvalue weighted by Crippen LogP contribution is -3.15. The fraction of sp³-hybridized carbons (Fsp3) is 0.571. The van der Waals surface area contributed by atoms with Gasteiger partial charge in [0.05, 0.1) is 27.2 Å². The van der Waals surface area contributed by atoms with Crippen LogP contribution in [0.25, 0.3) is 0 Å². The smallest absolute Gasteiger partial charge is 0.127 e. The molecular formula is C14H24N2O+2. The lowest BCUT2D eigenvalue weighted by molar-refractivity contribution is -0.938. The minimum atomic E-state index is 0.972. The molecule has 94 valence electrons. The first-order valence-electron chi connectivity index (χ1n) is 6.56. The Morgan fingerprint density at radius 1 is 1.18 bits per heavy atom. The fourth-order valence-electron chi connectivity index (χ4n) is 2.53. The van der Waals surface area contributed by atoms with Gasteiger partial charge in [-0.15, -0.1) is 0 Å². The fourth-order valence-corrected chi connectivity index (χ4v) is 2.53. The Morgan fingerprint density at radius 2 is 2.06 bits per heavy atom. The maximum atomic E-state index is 5.27. The van der Waals surface area contributed by atoms with E-state index in [1.165, 1.54) is 38.2 Å². The summed E-state index contributed by atoms with van der Waals surface area (Å²) in [6, 6.07) is 8.47. The Morgan fingerprint density at radius 3 is 2.88 bits per heavy atom. The summed E-state index contributed by atoms with van der Waals surface area (Å²) in [6.07, 6.45) is 1.34.